The fourth-order valence-electron chi connectivity index (χ4n) is 3.48. The zero-order valence-corrected chi connectivity index (χ0v) is 13.8. The number of hydrogen-bond donors (Lipinski definition) is 1. The Labute approximate surface area is 138 Å². The molecule has 1 heterocycles. The lowest BCUT2D eigenvalue weighted by atomic mass is 9.93. The minimum absolute atomic E-state index is 0.197. The molecule has 0 atom stereocenters. The predicted octanol–water partition coefficient (Wildman–Crippen LogP) is 3.14. The molecule has 23 heavy (non-hydrogen) atoms. The van der Waals surface area contributed by atoms with Crippen LogP contribution < -0.4 is 5.32 Å². The molecule has 126 valence electrons. The first kappa shape index (κ1) is 16.4. The average molecular weight is 318 g/mol. The highest BCUT2D eigenvalue weighted by Gasteiger charge is 2.32. The van der Waals surface area contributed by atoms with Crippen molar-refractivity contribution >= 4 is 5.91 Å². The Bertz CT molecular complexity index is 524. The molecule has 0 unspecified atom stereocenters. The predicted molar refractivity (Wildman–Crippen MR) is 89.7 cm³/mol. The van der Waals surface area contributed by atoms with Gasteiger partial charge in [0.25, 0.3) is 0 Å². The zero-order valence-electron chi connectivity index (χ0n) is 13.8. The zero-order chi connectivity index (χ0) is 16.1. The minimum atomic E-state index is -0.197. The SMILES string of the molecule is O=C(CCC1CCNCC1)N(CCc1cccc(F)c1)C1CC1. The molecule has 0 radical (unpaired) electrons. The Morgan fingerprint density at radius 2 is 2.00 bits per heavy atom. The lowest BCUT2D eigenvalue weighted by Gasteiger charge is -2.26. The van der Waals surface area contributed by atoms with Crippen LogP contribution in [0.5, 0.6) is 0 Å². The van der Waals surface area contributed by atoms with Crippen molar-refractivity contribution in [1.82, 2.24) is 10.2 Å². The van der Waals surface area contributed by atoms with Crippen LogP contribution in [0.3, 0.4) is 0 Å². The summed E-state index contributed by atoms with van der Waals surface area (Å²) < 4.78 is 13.3. The first-order valence-electron chi connectivity index (χ1n) is 8.97. The third-order valence-corrected chi connectivity index (χ3v) is 5.06. The van der Waals surface area contributed by atoms with Crippen LogP contribution in [0.15, 0.2) is 24.3 Å². The second-order valence-electron chi connectivity index (χ2n) is 6.93. The summed E-state index contributed by atoms with van der Waals surface area (Å²) in [6.07, 6.45) is 7.08. The van der Waals surface area contributed by atoms with E-state index in [9.17, 15) is 9.18 Å². The van der Waals surface area contributed by atoms with E-state index in [-0.39, 0.29) is 5.82 Å². The maximum atomic E-state index is 13.3. The maximum absolute atomic E-state index is 13.3. The van der Waals surface area contributed by atoms with Crippen molar-refractivity contribution in [3.63, 3.8) is 0 Å². The number of rotatable bonds is 7. The van der Waals surface area contributed by atoms with Gasteiger partial charge in [0, 0.05) is 19.0 Å². The summed E-state index contributed by atoms with van der Waals surface area (Å²) in [5, 5.41) is 3.37. The normalized spacial score (nSPS) is 18.8. The summed E-state index contributed by atoms with van der Waals surface area (Å²) in [5.41, 5.74) is 0.974. The lowest BCUT2D eigenvalue weighted by Crippen LogP contribution is -2.35. The van der Waals surface area contributed by atoms with E-state index in [0.29, 0.717) is 24.3 Å². The first-order valence-corrected chi connectivity index (χ1v) is 8.97. The van der Waals surface area contributed by atoms with E-state index in [4.69, 9.17) is 0 Å². The maximum Gasteiger partial charge on any atom is 0.222 e. The molecule has 2 aliphatic rings. The highest BCUT2D eigenvalue weighted by Crippen LogP contribution is 2.28. The molecule has 3 rings (SSSR count). The van der Waals surface area contributed by atoms with Crippen molar-refractivity contribution in [3.05, 3.63) is 35.6 Å². The van der Waals surface area contributed by atoms with E-state index in [0.717, 1.165) is 50.9 Å². The third kappa shape index (κ3) is 5.03. The Morgan fingerprint density at radius 1 is 1.22 bits per heavy atom. The molecule has 1 amide bonds. The summed E-state index contributed by atoms with van der Waals surface area (Å²) in [6.45, 7) is 2.90. The molecule has 1 aliphatic carbocycles. The van der Waals surface area contributed by atoms with Gasteiger partial charge in [0.2, 0.25) is 5.91 Å². The van der Waals surface area contributed by atoms with Gasteiger partial charge in [-0.25, -0.2) is 4.39 Å². The van der Waals surface area contributed by atoms with Gasteiger partial charge in [-0.05, 0) is 75.2 Å². The number of carbonyl (C=O) groups excluding carboxylic acids is 1. The van der Waals surface area contributed by atoms with Crippen molar-refractivity contribution in [2.45, 2.75) is 51.0 Å². The molecular formula is C19H27FN2O. The molecule has 1 aromatic rings. The van der Waals surface area contributed by atoms with Crippen LogP contribution in [-0.2, 0) is 11.2 Å². The Morgan fingerprint density at radius 3 is 2.70 bits per heavy atom. The van der Waals surface area contributed by atoms with Crippen molar-refractivity contribution in [1.29, 1.82) is 0 Å². The van der Waals surface area contributed by atoms with E-state index in [2.05, 4.69) is 5.32 Å². The first-order chi connectivity index (χ1) is 11.2. The van der Waals surface area contributed by atoms with Gasteiger partial charge in [0.15, 0.2) is 0 Å². The number of carbonyl (C=O) groups is 1. The molecule has 1 N–H and O–H groups in total. The van der Waals surface area contributed by atoms with Crippen molar-refractivity contribution in [3.8, 4) is 0 Å². The Balaban J connectivity index is 1.48. The minimum Gasteiger partial charge on any atom is -0.339 e. The van der Waals surface area contributed by atoms with E-state index >= 15 is 0 Å². The topological polar surface area (TPSA) is 32.3 Å². The Hall–Kier alpha value is -1.42. The average Bonchev–Trinajstić information content (AvgIpc) is 3.39. The molecule has 0 aromatic heterocycles. The van der Waals surface area contributed by atoms with Crippen LogP contribution in [0.25, 0.3) is 0 Å². The van der Waals surface area contributed by atoms with Crippen molar-refractivity contribution in [2.24, 2.45) is 5.92 Å². The molecule has 1 aromatic carbocycles. The smallest absolute Gasteiger partial charge is 0.222 e. The second kappa shape index (κ2) is 7.91. The van der Waals surface area contributed by atoms with Crippen LogP contribution >= 0.6 is 0 Å². The largest absolute Gasteiger partial charge is 0.339 e. The summed E-state index contributed by atoms with van der Waals surface area (Å²) in [7, 11) is 0. The highest BCUT2D eigenvalue weighted by atomic mass is 19.1. The van der Waals surface area contributed by atoms with Crippen LogP contribution in [0.1, 0.15) is 44.1 Å². The van der Waals surface area contributed by atoms with Crippen LogP contribution in [-0.4, -0.2) is 36.5 Å². The van der Waals surface area contributed by atoms with Crippen LogP contribution in [0.2, 0.25) is 0 Å². The Kier molecular flexibility index (Phi) is 5.65. The van der Waals surface area contributed by atoms with Crippen molar-refractivity contribution in [2.75, 3.05) is 19.6 Å². The molecule has 1 saturated carbocycles. The van der Waals surface area contributed by atoms with Gasteiger partial charge >= 0.3 is 0 Å². The van der Waals surface area contributed by atoms with Crippen molar-refractivity contribution < 1.29 is 9.18 Å². The highest BCUT2D eigenvalue weighted by molar-refractivity contribution is 5.76. The fraction of sp³-hybridized carbons (Fsp3) is 0.632. The molecular weight excluding hydrogens is 291 g/mol. The number of hydrogen-bond acceptors (Lipinski definition) is 2. The molecule has 1 aliphatic heterocycles. The van der Waals surface area contributed by atoms with Crippen LogP contribution in [0, 0.1) is 11.7 Å². The number of benzene rings is 1. The fourth-order valence-corrected chi connectivity index (χ4v) is 3.48. The van der Waals surface area contributed by atoms with Gasteiger partial charge in [0.05, 0.1) is 0 Å². The molecule has 1 saturated heterocycles. The molecule has 3 nitrogen and oxygen atoms in total. The number of nitrogens with one attached hydrogen (secondary N) is 1. The van der Waals surface area contributed by atoms with Gasteiger partial charge in [-0.3, -0.25) is 4.79 Å². The van der Waals surface area contributed by atoms with Gasteiger partial charge < -0.3 is 10.2 Å². The van der Waals surface area contributed by atoms with E-state index in [1.54, 1.807) is 12.1 Å². The standard InChI is InChI=1S/C19H27FN2O/c20-17-3-1-2-16(14-17)10-13-22(18-5-6-18)19(23)7-4-15-8-11-21-12-9-15/h1-3,14-15,18,21H,4-13H2. The molecule has 0 bridgehead atoms. The number of piperidine rings is 1. The summed E-state index contributed by atoms with van der Waals surface area (Å²) >= 11 is 0. The molecule has 2 fully saturated rings. The summed E-state index contributed by atoms with van der Waals surface area (Å²) in [6, 6.07) is 7.15. The van der Waals surface area contributed by atoms with Gasteiger partial charge in [-0.15, -0.1) is 0 Å². The number of halogens is 1. The van der Waals surface area contributed by atoms with E-state index in [1.165, 1.54) is 18.9 Å². The van der Waals surface area contributed by atoms with Gasteiger partial charge in [-0.1, -0.05) is 12.1 Å². The van der Waals surface area contributed by atoms with Gasteiger partial charge in [0.1, 0.15) is 5.82 Å². The number of nitrogens with zero attached hydrogens (tertiary/aromatic N) is 1. The molecule has 4 heteroatoms. The van der Waals surface area contributed by atoms with Gasteiger partial charge in [-0.2, -0.15) is 0 Å². The quantitative estimate of drug-likeness (QED) is 0.838. The monoisotopic (exact) mass is 318 g/mol. The number of amides is 1. The molecule has 0 spiro atoms. The summed E-state index contributed by atoms with van der Waals surface area (Å²) in [5.74, 6) is 0.796. The third-order valence-electron chi connectivity index (χ3n) is 5.06. The lowest BCUT2D eigenvalue weighted by molar-refractivity contribution is -0.132. The van der Waals surface area contributed by atoms with Crippen LogP contribution in [0.4, 0.5) is 4.39 Å². The van der Waals surface area contributed by atoms with E-state index in [1.807, 2.05) is 11.0 Å². The van der Waals surface area contributed by atoms with E-state index < -0.39 is 0 Å². The summed E-state index contributed by atoms with van der Waals surface area (Å²) in [4.78, 5) is 14.6. The second-order valence-corrected chi connectivity index (χ2v) is 6.93.